The second kappa shape index (κ2) is 7.26. The Morgan fingerprint density at radius 1 is 1.29 bits per heavy atom. The number of amides is 3. The number of urea groups is 1. The molecule has 0 spiro atoms. The van der Waals surface area contributed by atoms with Crippen LogP contribution in [-0.4, -0.2) is 77.7 Å². The van der Waals surface area contributed by atoms with Crippen LogP contribution < -0.4 is 5.32 Å². The van der Waals surface area contributed by atoms with E-state index in [1.54, 1.807) is 11.8 Å². The van der Waals surface area contributed by atoms with Gasteiger partial charge in [0.05, 0.1) is 19.6 Å². The molecule has 0 aromatic rings. The molecule has 1 aliphatic rings. The fourth-order valence-corrected chi connectivity index (χ4v) is 2.18. The summed E-state index contributed by atoms with van der Waals surface area (Å²) in [6.07, 6.45) is 0. The van der Waals surface area contributed by atoms with E-state index in [0.717, 1.165) is 0 Å². The van der Waals surface area contributed by atoms with Crippen LogP contribution in [-0.2, 0) is 14.3 Å². The topological polar surface area (TPSA) is 99.2 Å². The number of ether oxygens (including phenoxy) is 1. The molecule has 120 valence electrons. The van der Waals surface area contributed by atoms with Crippen LogP contribution in [0.1, 0.15) is 20.8 Å². The Morgan fingerprint density at radius 2 is 1.86 bits per heavy atom. The number of hydrogen-bond donors (Lipinski definition) is 2. The molecule has 3 amide bonds. The standard InChI is InChI=1S/C13H23N3O5/c1-4-15(5-2)10(17)6-14-12(20)16-8-13(3,9-16)21-7-11(18)19/h4-9H2,1-3H3,(H,14,20)(H,18,19). The largest absolute Gasteiger partial charge is 0.480 e. The second-order valence-electron chi connectivity index (χ2n) is 5.21. The highest BCUT2D eigenvalue weighted by Crippen LogP contribution is 2.24. The minimum Gasteiger partial charge on any atom is -0.480 e. The molecule has 0 radical (unpaired) electrons. The van der Waals surface area contributed by atoms with Gasteiger partial charge in [0.25, 0.3) is 0 Å². The van der Waals surface area contributed by atoms with Crippen molar-refractivity contribution in [2.75, 3.05) is 39.3 Å². The Balaban J connectivity index is 2.30. The lowest BCUT2D eigenvalue weighted by Gasteiger charge is -2.46. The van der Waals surface area contributed by atoms with Gasteiger partial charge in [0.2, 0.25) is 5.91 Å². The number of carboxylic acids is 1. The van der Waals surface area contributed by atoms with Gasteiger partial charge < -0.3 is 25.0 Å². The smallest absolute Gasteiger partial charge is 0.329 e. The van der Waals surface area contributed by atoms with Crippen molar-refractivity contribution in [1.29, 1.82) is 0 Å². The third kappa shape index (κ3) is 4.89. The molecule has 0 atom stereocenters. The number of rotatable bonds is 7. The third-order valence-corrected chi connectivity index (χ3v) is 3.39. The number of likely N-dealkylation sites (tertiary alicyclic amines) is 1. The number of hydrogen-bond acceptors (Lipinski definition) is 4. The molecule has 1 fully saturated rings. The highest BCUT2D eigenvalue weighted by Gasteiger charge is 2.42. The quantitative estimate of drug-likeness (QED) is 0.675. The summed E-state index contributed by atoms with van der Waals surface area (Å²) >= 11 is 0. The molecule has 0 unspecified atom stereocenters. The minimum atomic E-state index is -1.04. The van der Waals surface area contributed by atoms with Crippen LogP contribution in [0.3, 0.4) is 0 Å². The van der Waals surface area contributed by atoms with E-state index in [2.05, 4.69) is 5.32 Å². The van der Waals surface area contributed by atoms with Crippen LogP contribution in [0.2, 0.25) is 0 Å². The summed E-state index contributed by atoms with van der Waals surface area (Å²) in [5.41, 5.74) is -0.626. The second-order valence-corrected chi connectivity index (χ2v) is 5.21. The van der Waals surface area contributed by atoms with Gasteiger partial charge in [-0.05, 0) is 20.8 Å². The lowest BCUT2D eigenvalue weighted by Crippen LogP contribution is -2.65. The predicted octanol–water partition coefficient (Wildman–Crippen LogP) is -0.260. The number of carbonyl (C=O) groups is 3. The molecule has 1 rings (SSSR count). The molecule has 0 aliphatic carbocycles. The number of nitrogens with one attached hydrogen (secondary N) is 1. The van der Waals surface area contributed by atoms with E-state index in [4.69, 9.17) is 9.84 Å². The van der Waals surface area contributed by atoms with Gasteiger partial charge in [0, 0.05) is 13.1 Å². The third-order valence-electron chi connectivity index (χ3n) is 3.39. The van der Waals surface area contributed by atoms with Gasteiger partial charge in [0.1, 0.15) is 12.2 Å². The molecule has 0 saturated carbocycles. The summed E-state index contributed by atoms with van der Waals surface area (Å²) in [6, 6.07) is -0.341. The maximum absolute atomic E-state index is 11.8. The maximum Gasteiger partial charge on any atom is 0.329 e. The van der Waals surface area contributed by atoms with Crippen LogP contribution in [0.5, 0.6) is 0 Å². The van der Waals surface area contributed by atoms with E-state index < -0.39 is 11.6 Å². The van der Waals surface area contributed by atoms with Gasteiger partial charge in [-0.3, -0.25) is 4.79 Å². The van der Waals surface area contributed by atoms with Gasteiger partial charge in [-0.25, -0.2) is 9.59 Å². The SMILES string of the molecule is CCN(CC)C(=O)CNC(=O)N1CC(C)(OCC(=O)O)C1. The lowest BCUT2D eigenvalue weighted by atomic mass is 9.97. The fraction of sp³-hybridized carbons (Fsp3) is 0.769. The highest BCUT2D eigenvalue weighted by molar-refractivity contribution is 5.84. The van der Waals surface area contributed by atoms with Crippen molar-refractivity contribution < 1.29 is 24.2 Å². The molecule has 21 heavy (non-hydrogen) atoms. The molecule has 0 bridgehead atoms. The van der Waals surface area contributed by atoms with Crippen molar-refractivity contribution in [3.8, 4) is 0 Å². The molecule has 1 aliphatic heterocycles. The Labute approximate surface area is 124 Å². The summed E-state index contributed by atoms with van der Waals surface area (Å²) in [4.78, 5) is 37.1. The van der Waals surface area contributed by atoms with E-state index in [9.17, 15) is 14.4 Å². The summed E-state index contributed by atoms with van der Waals surface area (Å²) < 4.78 is 5.21. The van der Waals surface area contributed by atoms with E-state index in [1.165, 1.54) is 4.90 Å². The maximum atomic E-state index is 11.8. The van der Waals surface area contributed by atoms with Gasteiger partial charge in [0.15, 0.2) is 0 Å². The summed E-state index contributed by atoms with van der Waals surface area (Å²) in [7, 11) is 0. The molecule has 2 N–H and O–H groups in total. The number of carbonyl (C=O) groups excluding carboxylic acids is 2. The first-order valence-corrected chi connectivity index (χ1v) is 6.97. The Bertz CT molecular complexity index is 403. The molecule has 8 heteroatoms. The molecule has 0 aromatic heterocycles. The molecule has 1 heterocycles. The van der Waals surface area contributed by atoms with Crippen LogP contribution >= 0.6 is 0 Å². The van der Waals surface area contributed by atoms with E-state index in [0.29, 0.717) is 26.2 Å². The first-order chi connectivity index (χ1) is 9.81. The van der Waals surface area contributed by atoms with Crippen LogP contribution in [0, 0.1) is 0 Å². The lowest BCUT2D eigenvalue weighted by molar-refractivity contribution is -0.159. The Kier molecular flexibility index (Phi) is 5.95. The van der Waals surface area contributed by atoms with E-state index in [1.807, 2.05) is 13.8 Å². The van der Waals surface area contributed by atoms with Crippen molar-refractivity contribution in [2.24, 2.45) is 0 Å². The number of carboxylic acid groups (broad SMARTS) is 1. The fourth-order valence-electron chi connectivity index (χ4n) is 2.18. The Morgan fingerprint density at radius 3 is 2.33 bits per heavy atom. The van der Waals surface area contributed by atoms with Crippen molar-refractivity contribution in [1.82, 2.24) is 15.1 Å². The zero-order chi connectivity index (χ0) is 16.0. The first-order valence-electron chi connectivity index (χ1n) is 6.97. The monoisotopic (exact) mass is 301 g/mol. The van der Waals surface area contributed by atoms with Crippen LogP contribution in [0.15, 0.2) is 0 Å². The van der Waals surface area contributed by atoms with Gasteiger partial charge in [-0.15, -0.1) is 0 Å². The first kappa shape index (κ1) is 17.2. The number of aliphatic carboxylic acids is 1. The minimum absolute atomic E-state index is 0.0380. The number of nitrogens with zero attached hydrogens (tertiary/aromatic N) is 2. The average molecular weight is 301 g/mol. The molecular weight excluding hydrogens is 278 g/mol. The van der Waals surface area contributed by atoms with E-state index in [-0.39, 0.29) is 25.1 Å². The van der Waals surface area contributed by atoms with E-state index >= 15 is 0 Å². The van der Waals surface area contributed by atoms with Gasteiger partial charge in [-0.2, -0.15) is 0 Å². The summed E-state index contributed by atoms with van der Waals surface area (Å²) in [5, 5.41) is 11.1. The van der Waals surface area contributed by atoms with Crippen LogP contribution in [0.25, 0.3) is 0 Å². The van der Waals surface area contributed by atoms with Crippen molar-refractivity contribution >= 4 is 17.9 Å². The molecule has 1 saturated heterocycles. The summed E-state index contributed by atoms with van der Waals surface area (Å²) in [6.45, 7) is 6.92. The number of likely N-dealkylation sites (N-methyl/N-ethyl adjacent to an activating group) is 1. The predicted molar refractivity (Wildman–Crippen MR) is 74.9 cm³/mol. The summed E-state index contributed by atoms with van der Waals surface area (Å²) in [5.74, 6) is -1.16. The van der Waals surface area contributed by atoms with Crippen molar-refractivity contribution in [2.45, 2.75) is 26.4 Å². The van der Waals surface area contributed by atoms with Crippen molar-refractivity contribution in [3.63, 3.8) is 0 Å². The zero-order valence-electron chi connectivity index (χ0n) is 12.7. The molecular formula is C13H23N3O5. The Hall–Kier alpha value is -1.83. The van der Waals surface area contributed by atoms with Crippen molar-refractivity contribution in [3.05, 3.63) is 0 Å². The molecule has 0 aromatic carbocycles. The normalized spacial score (nSPS) is 16.0. The zero-order valence-corrected chi connectivity index (χ0v) is 12.7. The van der Waals surface area contributed by atoms with Gasteiger partial charge in [-0.1, -0.05) is 0 Å². The van der Waals surface area contributed by atoms with Gasteiger partial charge >= 0.3 is 12.0 Å². The average Bonchev–Trinajstić information content (AvgIpc) is 2.40. The van der Waals surface area contributed by atoms with Crippen LogP contribution in [0.4, 0.5) is 4.79 Å². The molecule has 8 nitrogen and oxygen atoms in total. The highest BCUT2D eigenvalue weighted by atomic mass is 16.5.